The number of nitrogens with one attached hydrogen (secondary N) is 1. The van der Waals surface area contributed by atoms with Gasteiger partial charge in [0.25, 0.3) is 0 Å². The molecule has 0 heterocycles. The Bertz CT molecular complexity index is 415. The smallest absolute Gasteiger partial charge is 0.227 e. The molecule has 0 bridgehead atoms. The van der Waals surface area contributed by atoms with Crippen LogP contribution in [0.5, 0.6) is 0 Å². The summed E-state index contributed by atoms with van der Waals surface area (Å²) in [5, 5.41) is 3.06. The number of rotatable bonds is 8. The first kappa shape index (κ1) is 16.7. The molecule has 0 aliphatic heterocycles. The topological polar surface area (TPSA) is 55.1 Å². The van der Waals surface area contributed by atoms with Gasteiger partial charge in [-0.05, 0) is 37.8 Å². The average molecular weight is 276 g/mol. The van der Waals surface area contributed by atoms with Crippen LogP contribution in [0, 0.1) is 5.92 Å². The molecule has 2 atom stereocenters. The van der Waals surface area contributed by atoms with Gasteiger partial charge in [-0.1, -0.05) is 44.9 Å². The predicted octanol–water partition coefficient (Wildman–Crippen LogP) is 3.73. The number of carbonyl (C=O) groups excluding carboxylic acids is 1. The molecule has 0 fully saturated rings. The lowest BCUT2D eigenvalue weighted by molar-refractivity contribution is -0.119. The molecule has 0 saturated heterocycles. The summed E-state index contributed by atoms with van der Waals surface area (Å²) in [6.07, 6.45) is 4.95. The molecule has 1 aromatic rings. The van der Waals surface area contributed by atoms with Crippen molar-refractivity contribution in [1.29, 1.82) is 0 Å². The van der Waals surface area contributed by atoms with E-state index >= 15 is 0 Å². The highest BCUT2D eigenvalue weighted by Crippen LogP contribution is 2.19. The van der Waals surface area contributed by atoms with Crippen molar-refractivity contribution in [2.75, 3.05) is 5.32 Å². The third-order valence-corrected chi connectivity index (χ3v) is 3.54. The number of carbonyl (C=O) groups is 1. The van der Waals surface area contributed by atoms with E-state index in [1.54, 1.807) is 0 Å². The van der Waals surface area contributed by atoms with Crippen LogP contribution in [0.15, 0.2) is 24.3 Å². The predicted molar refractivity (Wildman–Crippen MR) is 85.7 cm³/mol. The van der Waals surface area contributed by atoms with E-state index in [1.165, 1.54) is 5.56 Å². The molecule has 0 spiro atoms. The SMILES string of the molecule is CCCc1ccccc1NC(=O)C(C)CCCC(C)N. The van der Waals surface area contributed by atoms with Gasteiger partial charge >= 0.3 is 0 Å². The highest BCUT2D eigenvalue weighted by molar-refractivity contribution is 5.93. The number of anilines is 1. The van der Waals surface area contributed by atoms with Gasteiger partial charge in [0.15, 0.2) is 0 Å². The Morgan fingerprint density at radius 2 is 1.95 bits per heavy atom. The molecule has 1 rings (SSSR count). The molecular weight excluding hydrogens is 248 g/mol. The second kappa shape index (κ2) is 8.75. The van der Waals surface area contributed by atoms with Crippen molar-refractivity contribution in [1.82, 2.24) is 0 Å². The molecule has 1 aromatic carbocycles. The van der Waals surface area contributed by atoms with Crippen LogP contribution in [-0.4, -0.2) is 11.9 Å². The molecule has 0 radical (unpaired) electrons. The highest BCUT2D eigenvalue weighted by atomic mass is 16.1. The highest BCUT2D eigenvalue weighted by Gasteiger charge is 2.14. The maximum Gasteiger partial charge on any atom is 0.227 e. The summed E-state index contributed by atoms with van der Waals surface area (Å²) in [6.45, 7) is 6.14. The number of amides is 1. The zero-order chi connectivity index (χ0) is 15.0. The van der Waals surface area contributed by atoms with Gasteiger partial charge in [0.2, 0.25) is 5.91 Å². The van der Waals surface area contributed by atoms with Crippen LogP contribution >= 0.6 is 0 Å². The van der Waals surface area contributed by atoms with E-state index in [-0.39, 0.29) is 17.9 Å². The monoisotopic (exact) mass is 276 g/mol. The minimum atomic E-state index is 0.0310. The maximum atomic E-state index is 12.2. The second-order valence-corrected chi connectivity index (χ2v) is 5.71. The zero-order valence-corrected chi connectivity index (χ0v) is 13.0. The number of hydrogen-bond acceptors (Lipinski definition) is 2. The first-order valence-electron chi connectivity index (χ1n) is 7.69. The Labute approximate surface area is 122 Å². The van der Waals surface area contributed by atoms with Gasteiger partial charge in [0, 0.05) is 17.6 Å². The molecule has 20 heavy (non-hydrogen) atoms. The zero-order valence-electron chi connectivity index (χ0n) is 13.0. The lowest BCUT2D eigenvalue weighted by Crippen LogP contribution is -2.22. The normalized spacial score (nSPS) is 13.8. The molecule has 3 N–H and O–H groups in total. The number of aryl methyl sites for hydroxylation is 1. The number of para-hydroxylation sites is 1. The number of hydrogen-bond donors (Lipinski definition) is 2. The largest absolute Gasteiger partial charge is 0.328 e. The Kier molecular flexibility index (Phi) is 7.31. The van der Waals surface area contributed by atoms with Crippen molar-refractivity contribution >= 4 is 11.6 Å². The molecule has 2 unspecified atom stereocenters. The fraction of sp³-hybridized carbons (Fsp3) is 0.588. The van der Waals surface area contributed by atoms with E-state index in [1.807, 2.05) is 32.0 Å². The third-order valence-electron chi connectivity index (χ3n) is 3.54. The number of nitrogens with two attached hydrogens (primary N) is 1. The quantitative estimate of drug-likeness (QED) is 0.760. The van der Waals surface area contributed by atoms with E-state index in [2.05, 4.69) is 18.3 Å². The minimum Gasteiger partial charge on any atom is -0.328 e. The lowest BCUT2D eigenvalue weighted by atomic mass is 10.0. The second-order valence-electron chi connectivity index (χ2n) is 5.71. The van der Waals surface area contributed by atoms with E-state index in [0.29, 0.717) is 0 Å². The number of benzene rings is 1. The van der Waals surface area contributed by atoms with Crippen molar-refractivity contribution in [3.05, 3.63) is 29.8 Å². The van der Waals surface area contributed by atoms with Crippen LogP contribution in [0.25, 0.3) is 0 Å². The molecular formula is C17H28N2O. The Hall–Kier alpha value is -1.35. The lowest BCUT2D eigenvalue weighted by Gasteiger charge is -2.15. The van der Waals surface area contributed by atoms with E-state index in [0.717, 1.165) is 37.8 Å². The van der Waals surface area contributed by atoms with Gasteiger partial charge in [0.1, 0.15) is 0 Å². The van der Waals surface area contributed by atoms with Crippen LogP contribution in [0.4, 0.5) is 5.69 Å². The maximum absolute atomic E-state index is 12.2. The molecule has 112 valence electrons. The van der Waals surface area contributed by atoms with Crippen molar-refractivity contribution in [3.63, 3.8) is 0 Å². The molecule has 3 nitrogen and oxygen atoms in total. The van der Waals surface area contributed by atoms with Crippen molar-refractivity contribution in [2.24, 2.45) is 11.7 Å². The minimum absolute atomic E-state index is 0.0310. The van der Waals surface area contributed by atoms with Crippen molar-refractivity contribution in [2.45, 2.75) is 58.9 Å². The van der Waals surface area contributed by atoms with Crippen LogP contribution in [-0.2, 0) is 11.2 Å². The summed E-state index contributed by atoms with van der Waals surface area (Å²) in [7, 11) is 0. The van der Waals surface area contributed by atoms with Crippen molar-refractivity contribution < 1.29 is 4.79 Å². The fourth-order valence-electron chi connectivity index (χ4n) is 2.26. The van der Waals surface area contributed by atoms with Crippen LogP contribution in [0.3, 0.4) is 0 Å². The Morgan fingerprint density at radius 3 is 2.60 bits per heavy atom. The summed E-state index contributed by atoms with van der Waals surface area (Å²) in [5.74, 6) is 0.140. The molecule has 3 heteroatoms. The van der Waals surface area contributed by atoms with Gasteiger partial charge in [-0.2, -0.15) is 0 Å². The van der Waals surface area contributed by atoms with Crippen molar-refractivity contribution in [3.8, 4) is 0 Å². The van der Waals surface area contributed by atoms with Gasteiger partial charge in [-0.25, -0.2) is 0 Å². The first-order valence-corrected chi connectivity index (χ1v) is 7.69. The van der Waals surface area contributed by atoms with Gasteiger partial charge in [0.05, 0.1) is 0 Å². The van der Waals surface area contributed by atoms with Gasteiger partial charge in [-0.15, -0.1) is 0 Å². The van der Waals surface area contributed by atoms with E-state index in [9.17, 15) is 4.79 Å². The Balaban J connectivity index is 2.52. The van der Waals surface area contributed by atoms with Crippen LogP contribution in [0.1, 0.15) is 52.0 Å². The Morgan fingerprint density at radius 1 is 1.25 bits per heavy atom. The summed E-state index contributed by atoms with van der Waals surface area (Å²) < 4.78 is 0. The van der Waals surface area contributed by atoms with Gasteiger partial charge in [-0.3, -0.25) is 4.79 Å². The van der Waals surface area contributed by atoms with Crippen LogP contribution in [0.2, 0.25) is 0 Å². The summed E-state index contributed by atoms with van der Waals surface area (Å²) in [6, 6.07) is 8.27. The molecule has 0 aliphatic rings. The third kappa shape index (κ3) is 5.74. The van der Waals surface area contributed by atoms with E-state index < -0.39 is 0 Å². The van der Waals surface area contributed by atoms with E-state index in [4.69, 9.17) is 5.73 Å². The van der Waals surface area contributed by atoms with Gasteiger partial charge < -0.3 is 11.1 Å². The fourth-order valence-corrected chi connectivity index (χ4v) is 2.26. The summed E-state index contributed by atoms with van der Waals surface area (Å²) in [4.78, 5) is 12.2. The first-order chi connectivity index (χ1) is 9.54. The average Bonchev–Trinajstić information content (AvgIpc) is 2.40. The summed E-state index contributed by atoms with van der Waals surface area (Å²) in [5.41, 5.74) is 7.90. The van der Waals surface area contributed by atoms with Crippen LogP contribution < -0.4 is 11.1 Å². The molecule has 1 amide bonds. The summed E-state index contributed by atoms with van der Waals surface area (Å²) >= 11 is 0. The molecule has 0 aliphatic carbocycles. The standard InChI is InChI=1S/C17H28N2O/c1-4-8-15-11-5-6-12-16(15)19-17(20)13(2)9-7-10-14(3)18/h5-6,11-14H,4,7-10,18H2,1-3H3,(H,19,20). The molecule has 0 saturated carbocycles. The molecule has 0 aromatic heterocycles.